The molecule has 0 amide bonds. The number of allylic oxidation sites excluding steroid dienone is 2. The van der Waals surface area contributed by atoms with Crippen molar-refractivity contribution >= 4 is 12.2 Å². The van der Waals surface area contributed by atoms with E-state index in [1.807, 2.05) is 36.9 Å². The van der Waals surface area contributed by atoms with Gasteiger partial charge in [0.2, 0.25) is 0 Å². The third-order valence-corrected chi connectivity index (χ3v) is 3.37. The van der Waals surface area contributed by atoms with Gasteiger partial charge in [-0.15, -0.1) is 0 Å². The molecule has 114 valence electrons. The minimum absolute atomic E-state index is 0.472. The first kappa shape index (κ1) is 16.2. The van der Waals surface area contributed by atoms with E-state index in [0.29, 0.717) is 11.8 Å². The van der Waals surface area contributed by atoms with Gasteiger partial charge in [-0.05, 0) is 53.1 Å². The molecule has 1 atom stereocenters. The van der Waals surface area contributed by atoms with E-state index >= 15 is 0 Å². The average Bonchev–Trinajstić information content (AvgIpc) is 2.52. The Balaban J connectivity index is 1.98. The van der Waals surface area contributed by atoms with Crippen LogP contribution in [-0.2, 0) is 6.42 Å². The van der Waals surface area contributed by atoms with Crippen LogP contribution in [0.2, 0.25) is 0 Å². The molecule has 0 bridgehead atoms. The van der Waals surface area contributed by atoms with Crippen LogP contribution in [-0.4, -0.2) is 9.97 Å². The lowest BCUT2D eigenvalue weighted by Crippen LogP contribution is -1.97. The summed E-state index contributed by atoms with van der Waals surface area (Å²) in [5, 5.41) is 0. The van der Waals surface area contributed by atoms with Gasteiger partial charge in [0, 0.05) is 24.8 Å². The SMILES string of the molecule is CC(C)/C=C/c1cncc(CC(C)/C=C/c2ccncc2)c1. The molecule has 0 aliphatic carbocycles. The number of aromatic nitrogens is 2. The molecule has 0 aliphatic heterocycles. The molecule has 0 saturated heterocycles. The maximum Gasteiger partial charge on any atom is 0.0340 e. The standard InChI is InChI=1S/C20H24N2/c1-16(2)4-6-19-13-20(15-22-14-19)12-17(3)5-7-18-8-10-21-11-9-18/h4-11,13-17H,12H2,1-3H3/b6-4+,7-5+. The van der Waals surface area contributed by atoms with Gasteiger partial charge in [0.1, 0.15) is 0 Å². The van der Waals surface area contributed by atoms with Crippen LogP contribution in [0.1, 0.15) is 37.5 Å². The molecule has 2 aromatic heterocycles. The largest absolute Gasteiger partial charge is 0.265 e. The molecule has 22 heavy (non-hydrogen) atoms. The van der Waals surface area contributed by atoms with Crippen LogP contribution in [0.4, 0.5) is 0 Å². The van der Waals surface area contributed by atoms with Gasteiger partial charge in [-0.25, -0.2) is 0 Å². The van der Waals surface area contributed by atoms with Gasteiger partial charge < -0.3 is 0 Å². The molecule has 0 aromatic carbocycles. The van der Waals surface area contributed by atoms with E-state index in [-0.39, 0.29) is 0 Å². The highest BCUT2D eigenvalue weighted by atomic mass is 14.6. The summed E-state index contributed by atoms with van der Waals surface area (Å²) in [5.41, 5.74) is 3.64. The molecule has 2 rings (SSSR count). The molecule has 1 unspecified atom stereocenters. The smallest absolute Gasteiger partial charge is 0.0340 e. The summed E-state index contributed by atoms with van der Waals surface area (Å²) in [6.45, 7) is 6.59. The summed E-state index contributed by atoms with van der Waals surface area (Å²) in [7, 11) is 0. The van der Waals surface area contributed by atoms with Crippen molar-refractivity contribution in [2.24, 2.45) is 11.8 Å². The van der Waals surface area contributed by atoms with Gasteiger partial charge in [-0.3, -0.25) is 9.97 Å². The maximum atomic E-state index is 4.35. The predicted molar refractivity (Wildman–Crippen MR) is 94.2 cm³/mol. The van der Waals surface area contributed by atoms with Gasteiger partial charge in [0.15, 0.2) is 0 Å². The second-order valence-corrected chi connectivity index (χ2v) is 6.05. The van der Waals surface area contributed by atoms with Crippen LogP contribution in [0.15, 0.2) is 55.1 Å². The van der Waals surface area contributed by atoms with Crippen molar-refractivity contribution in [2.75, 3.05) is 0 Å². The van der Waals surface area contributed by atoms with Crippen LogP contribution in [0.25, 0.3) is 12.2 Å². The van der Waals surface area contributed by atoms with E-state index < -0.39 is 0 Å². The average molecular weight is 292 g/mol. The first-order valence-electron chi connectivity index (χ1n) is 7.84. The van der Waals surface area contributed by atoms with Crippen LogP contribution in [0.5, 0.6) is 0 Å². The molecule has 0 spiro atoms. The van der Waals surface area contributed by atoms with E-state index in [1.165, 1.54) is 16.7 Å². The Hall–Kier alpha value is -2.22. The van der Waals surface area contributed by atoms with Gasteiger partial charge in [-0.2, -0.15) is 0 Å². The highest BCUT2D eigenvalue weighted by Gasteiger charge is 2.01. The summed E-state index contributed by atoms with van der Waals surface area (Å²) in [5.74, 6) is 1.03. The van der Waals surface area contributed by atoms with Crippen molar-refractivity contribution in [1.29, 1.82) is 0 Å². The second kappa shape index (κ2) is 8.28. The monoisotopic (exact) mass is 292 g/mol. The number of hydrogen-bond donors (Lipinski definition) is 0. The van der Waals surface area contributed by atoms with E-state index in [4.69, 9.17) is 0 Å². The third kappa shape index (κ3) is 5.65. The molecular weight excluding hydrogens is 268 g/mol. The zero-order valence-corrected chi connectivity index (χ0v) is 13.6. The van der Waals surface area contributed by atoms with Crippen molar-refractivity contribution in [3.8, 4) is 0 Å². The van der Waals surface area contributed by atoms with Crippen LogP contribution < -0.4 is 0 Å². The minimum Gasteiger partial charge on any atom is -0.265 e. The molecular formula is C20H24N2. The molecule has 2 nitrogen and oxygen atoms in total. The molecule has 0 N–H and O–H groups in total. The molecule has 0 aliphatic rings. The normalized spacial score (nSPS) is 13.3. The Morgan fingerprint density at radius 1 is 0.909 bits per heavy atom. The van der Waals surface area contributed by atoms with Gasteiger partial charge in [0.25, 0.3) is 0 Å². The summed E-state index contributed by atoms with van der Waals surface area (Å²) in [6, 6.07) is 6.26. The Kier molecular flexibility index (Phi) is 6.08. The van der Waals surface area contributed by atoms with E-state index in [0.717, 1.165) is 6.42 Å². The van der Waals surface area contributed by atoms with Crippen molar-refractivity contribution in [2.45, 2.75) is 27.2 Å². The Morgan fingerprint density at radius 3 is 2.36 bits per heavy atom. The summed E-state index contributed by atoms with van der Waals surface area (Å²) in [6.07, 6.45) is 17.3. The summed E-state index contributed by atoms with van der Waals surface area (Å²) >= 11 is 0. The van der Waals surface area contributed by atoms with Gasteiger partial charge in [0.05, 0.1) is 0 Å². The highest BCUT2D eigenvalue weighted by Crippen LogP contribution is 2.13. The van der Waals surface area contributed by atoms with Crippen molar-refractivity contribution in [3.05, 3.63) is 71.8 Å². The Bertz CT molecular complexity index is 627. The first-order chi connectivity index (χ1) is 10.6. The fraction of sp³-hybridized carbons (Fsp3) is 0.300. The fourth-order valence-corrected chi connectivity index (χ4v) is 2.20. The fourth-order valence-electron chi connectivity index (χ4n) is 2.20. The maximum absolute atomic E-state index is 4.35. The molecule has 0 radical (unpaired) electrons. The zero-order chi connectivity index (χ0) is 15.8. The molecule has 2 heterocycles. The zero-order valence-electron chi connectivity index (χ0n) is 13.6. The molecule has 0 fully saturated rings. The lowest BCUT2D eigenvalue weighted by Gasteiger charge is -2.07. The molecule has 2 heteroatoms. The Morgan fingerprint density at radius 2 is 1.64 bits per heavy atom. The van der Waals surface area contributed by atoms with Crippen molar-refractivity contribution in [3.63, 3.8) is 0 Å². The second-order valence-electron chi connectivity index (χ2n) is 6.05. The Labute approximate surface area is 133 Å². The predicted octanol–water partition coefficient (Wildman–Crippen LogP) is 5.04. The number of rotatable bonds is 6. The van der Waals surface area contributed by atoms with E-state index in [9.17, 15) is 0 Å². The van der Waals surface area contributed by atoms with Gasteiger partial charge >= 0.3 is 0 Å². The van der Waals surface area contributed by atoms with Crippen molar-refractivity contribution < 1.29 is 0 Å². The van der Waals surface area contributed by atoms with Crippen LogP contribution >= 0.6 is 0 Å². The van der Waals surface area contributed by atoms with E-state index in [2.05, 4.69) is 61.1 Å². The number of nitrogens with zero attached hydrogens (tertiary/aromatic N) is 2. The molecule has 0 saturated carbocycles. The van der Waals surface area contributed by atoms with Crippen molar-refractivity contribution in [1.82, 2.24) is 9.97 Å². The summed E-state index contributed by atoms with van der Waals surface area (Å²) in [4.78, 5) is 8.38. The number of pyridine rings is 2. The van der Waals surface area contributed by atoms with E-state index in [1.54, 1.807) is 0 Å². The quantitative estimate of drug-likeness (QED) is 0.745. The first-order valence-corrected chi connectivity index (χ1v) is 7.84. The summed E-state index contributed by atoms with van der Waals surface area (Å²) < 4.78 is 0. The lowest BCUT2D eigenvalue weighted by atomic mass is 10.00. The third-order valence-electron chi connectivity index (χ3n) is 3.37. The van der Waals surface area contributed by atoms with Gasteiger partial charge in [-0.1, -0.05) is 45.1 Å². The highest BCUT2D eigenvalue weighted by molar-refractivity contribution is 5.50. The van der Waals surface area contributed by atoms with Crippen LogP contribution in [0.3, 0.4) is 0 Å². The molecule has 2 aromatic rings. The van der Waals surface area contributed by atoms with Crippen LogP contribution in [0, 0.1) is 11.8 Å². The lowest BCUT2D eigenvalue weighted by molar-refractivity contribution is 0.724. The minimum atomic E-state index is 0.472. The number of hydrogen-bond acceptors (Lipinski definition) is 2. The topological polar surface area (TPSA) is 25.8 Å².